The van der Waals surface area contributed by atoms with Gasteiger partial charge in [0.2, 0.25) is 0 Å². The summed E-state index contributed by atoms with van der Waals surface area (Å²) in [6.45, 7) is 0. The van der Waals surface area contributed by atoms with Crippen LogP contribution in [0.25, 0.3) is 11.0 Å². The largest absolute Gasteiger partial charge is 0.461 e. The molecule has 0 aliphatic carbocycles. The molecular weight excluding hydrogens is 168 g/mol. The molecule has 3 heteroatoms. The molecule has 2 nitrogen and oxygen atoms in total. The maximum absolute atomic E-state index is 3.94. The predicted molar refractivity (Wildman–Crippen MR) is 34.9 cm³/mol. The topological polar surface area (TPSA) is 28.7 Å². The van der Waals surface area contributed by atoms with Crippen molar-refractivity contribution in [2.75, 3.05) is 0 Å². The van der Waals surface area contributed by atoms with Crippen LogP contribution in [-0.2, 0) is 17.1 Å². The van der Waals surface area contributed by atoms with Gasteiger partial charge in [-0.1, -0.05) is 23.2 Å². The molecule has 0 radical (unpaired) electrons. The Morgan fingerprint density at radius 2 is 2.10 bits per heavy atom. The minimum absolute atomic E-state index is 0. The quantitative estimate of drug-likeness (QED) is 0.472. The van der Waals surface area contributed by atoms with E-state index in [0.29, 0.717) is 0 Å². The summed E-state index contributed by atoms with van der Waals surface area (Å²) >= 11 is 0. The van der Waals surface area contributed by atoms with Crippen molar-refractivity contribution >= 4 is 11.0 Å². The maximum atomic E-state index is 3.94. The van der Waals surface area contributed by atoms with Crippen LogP contribution in [0.4, 0.5) is 0 Å². The molecule has 0 saturated carbocycles. The van der Waals surface area contributed by atoms with Crippen LogP contribution in [0.15, 0.2) is 24.3 Å². The molecule has 1 aromatic heterocycles. The van der Waals surface area contributed by atoms with Gasteiger partial charge in [-0.15, -0.1) is 12.1 Å². The molecule has 1 heterocycles. The van der Waals surface area contributed by atoms with Crippen molar-refractivity contribution in [3.63, 3.8) is 0 Å². The first-order valence-electron chi connectivity index (χ1n) is 2.77. The van der Waals surface area contributed by atoms with E-state index in [4.69, 9.17) is 0 Å². The second-order valence-corrected chi connectivity index (χ2v) is 1.87. The van der Waals surface area contributed by atoms with Crippen LogP contribution < -0.4 is 0 Å². The van der Waals surface area contributed by atoms with E-state index in [-0.39, 0.29) is 17.1 Å². The molecule has 0 fully saturated rings. The summed E-state index contributed by atoms with van der Waals surface area (Å²) < 4.78 is 0. The average Bonchev–Trinajstić information content (AvgIpc) is 2.33. The number of para-hydroxylation sites is 2. The van der Waals surface area contributed by atoms with Crippen LogP contribution in [0.5, 0.6) is 0 Å². The predicted octanol–water partition coefficient (Wildman–Crippen LogP) is 1.36. The third-order valence-corrected chi connectivity index (χ3v) is 1.27. The minimum Gasteiger partial charge on any atom is -0.461 e. The van der Waals surface area contributed by atoms with E-state index in [1.165, 1.54) is 0 Å². The average molecular weight is 173 g/mol. The number of H-pyrrole nitrogens is 1. The van der Waals surface area contributed by atoms with Crippen molar-refractivity contribution in [2.45, 2.75) is 0 Å². The molecule has 0 spiro atoms. The Morgan fingerprint density at radius 3 is 2.90 bits per heavy atom. The second kappa shape index (κ2) is 2.86. The summed E-state index contributed by atoms with van der Waals surface area (Å²) in [5.41, 5.74) is 2.01. The van der Waals surface area contributed by atoms with Gasteiger partial charge >= 0.3 is 0 Å². The molecular formula is C7H5FeN2-. The van der Waals surface area contributed by atoms with E-state index in [0.717, 1.165) is 11.0 Å². The summed E-state index contributed by atoms with van der Waals surface area (Å²) in [4.78, 5) is 6.82. The summed E-state index contributed by atoms with van der Waals surface area (Å²) in [7, 11) is 0. The molecule has 0 atom stereocenters. The number of fused-ring (bicyclic) bond motifs is 1. The van der Waals surface area contributed by atoms with E-state index in [1.807, 2.05) is 24.3 Å². The fourth-order valence-electron chi connectivity index (χ4n) is 0.825. The molecule has 2 rings (SSSR count). The van der Waals surface area contributed by atoms with Crippen molar-refractivity contribution < 1.29 is 17.1 Å². The van der Waals surface area contributed by atoms with Crippen LogP contribution >= 0.6 is 0 Å². The zero-order chi connectivity index (χ0) is 6.10. The molecule has 52 valence electrons. The minimum atomic E-state index is 0. The normalized spacial score (nSPS) is 9.20. The van der Waals surface area contributed by atoms with Crippen LogP contribution in [0, 0.1) is 6.33 Å². The SMILES string of the molecule is [Fe].[c-]1nc2ccccc2[nH]1. The smallest absolute Gasteiger partial charge is 0 e. The summed E-state index contributed by atoms with van der Waals surface area (Å²) in [5.74, 6) is 0. The van der Waals surface area contributed by atoms with Gasteiger partial charge in [0.05, 0.1) is 0 Å². The number of aromatic amines is 1. The Labute approximate surface area is 69.1 Å². The third-order valence-electron chi connectivity index (χ3n) is 1.27. The zero-order valence-electron chi connectivity index (χ0n) is 5.11. The van der Waals surface area contributed by atoms with Crippen LogP contribution in [-0.4, -0.2) is 9.97 Å². The first kappa shape index (κ1) is 7.32. The number of hydrogen-bond donors (Lipinski definition) is 1. The molecule has 1 aromatic carbocycles. The van der Waals surface area contributed by atoms with Gasteiger partial charge < -0.3 is 9.97 Å². The fourth-order valence-corrected chi connectivity index (χ4v) is 0.825. The summed E-state index contributed by atoms with van der Waals surface area (Å²) in [6.07, 6.45) is 2.66. The Balaban J connectivity index is 0.000000500. The standard InChI is InChI=1S/C7H5N2.Fe/c1-2-4-7-6(3-1)8-5-9-7;/h1-4H,(H,8,9);/q-1;. The molecule has 0 saturated heterocycles. The Bertz CT molecular complexity index is 286. The van der Waals surface area contributed by atoms with Gasteiger partial charge in [-0.3, -0.25) is 0 Å². The van der Waals surface area contributed by atoms with Gasteiger partial charge in [0.1, 0.15) is 0 Å². The summed E-state index contributed by atoms with van der Waals surface area (Å²) in [5, 5.41) is 0. The van der Waals surface area contributed by atoms with Gasteiger partial charge in [-0.25, -0.2) is 0 Å². The number of imidazole rings is 1. The number of hydrogen-bond acceptors (Lipinski definition) is 1. The van der Waals surface area contributed by atoms with Crippen LogP contribution in [0.3, 0.4) is 0 Å². The molecule has 10 heavy (non-hydrogen) atoms. The van der Waals surface area contributed by atoms with Crippen molar-refractivity contribution in [1.29, 1.82) is 0 Å². The van der Waals surface area contributed by atoms with Crippen molar-refractivity contribution in [3.8, 4) is 0 Å². The van der Waals surface area contributed by atoms with Crippen molar-refractivity contribution in [2.24, 2.45) is 0 Å². The van der Waals surface area contributed by atoms with Gasteiger partial charge in [-0.05, 0) is 6.33 Å². The molecule has 1 N–H and O–H groups in total. The molecule has 0 aliphatic rings. The first-order valence-corrected chi connectivity index (χ1v) is 2.77. The Hall–Kier alpha value is -0.791. The van der Waals surface area contributed by atoms with E-state index < -0.39 is 0 Å². The van der Waals surface area contributed by atoms with Gasteiger partial charge in [0, 0.05) is 17.1 Å². The van der Waals surface area contributed by atoms with E-state index in [9.17, 15) is 0 Å². The molecule has 0 amide bonds. The van der Waals surface area contributed by atoms with E-state index in [2.05, 4.69) is 16.3 Å². The van der Waals surface area contributed by atoms with E-state index in [1.54, 1.807) is 0 Å². The second-order valence-electron chi connectivity index (χ2n) is 1.87. The van der Waals surface area contributed by atoms with Crippen LogP contribution in [0.1, 0.15) is 0 Å². The number of rotatable bonds is 0. The van der Waals surface area contributed by atoms with Crippen molar-refractivity contribution in [3.05, 3.63) is 30.6 Å². The fraction of sp³-hybridized carbons (Fsp3) is 0. The Kier molecular flexibility index (Phi) is 2.09. The number of benzene rings is 1. The van der Waals surface area contributed by atoms with Gasteiger partial charge in [0.15, 0.2) is 0 Å². The zero-order valence-corrected chi connectivity index (χ0v) is 6.21. The molecule has 0 unspecified atom stereocenters. The summed E-state index contributed by atoms with van der Waals surface area (Å²) in [6, 6.07) is 7.84. The monoisotopic (exact) mass is 173 g/mol. The Morgan fingerprint density at radius 1 is 1.30 bits per heavy atom. The number of nitrogens with one attached hydrogen (secondary N) is 1. The first-order chi connectivity index (χ1) is 4.47. The molecule has 0 aliphatic heterocycles. The molecule has 2 aromatic rings. The maximum Gasteiger partial charge on any atom is 0 e. The number of aromatic nitrogens is 2. The third kappa shape index (κ3) is 1.06. The van der Waals surface area contributed by atoms with Crippen molar-refractivity contribution in [1.82, 2.24) is 9.97 Å². The molecule has 0 bridgehead atoms. The number of nitrogens with zero attached hydrogens (tertiary/aromatic N) is 1. The van der Waals surface area contributed by atoms with Crippen LogP contribution in [0.2, 0.25) is 0 Å². The van der Waals surface area contributed by atoms with Gasteiger partial charge in [-0.2, -0.15) is 0 Å². The van der Waals surface area contributed by atoms with E-state index >= 15 is 0 Å². The van der Waals surface area contributed by atoms with Gasteiger partial charge in [0.25, 0.3) is 0 Å².